The van der Waals surface area contributed by atoms with Gasteiger partial charge in [0.15, 0.2) is 0 Å². The Balaban J connectivity index is 1.69. The van der Waals surface area contributed by atoms with Crippen LogP contribution >= 0.6 is 0 Å². The minimum Gasteiger partial charge on any atom is -0.444 e. The first-order chi connectivity index (χ1) is 17.7. The van der Waals surface area contributed by atoms with Gasteiger partial charge in [-0.3, -0.25) is 10.1 Å². The molecule has 2 aromatic carbocycles. The van der Waals surface area contributed by atoms with Crippen LogP contribution in [0.5, 0.6) is 0 Å². The smallest absolute Gasteiger partial charge is 0.435 e. The summed E-state index contributed by atoms with van der Waals surface area (Å²) in [5.41, 5.74) is 0.207. The molecule has 1 aliphatic carbocycles. The second kappa shape index (κ2) is 9.74. The number of hydrogen-bond acceptors (Lipinski definition) is 7. The van der Waals surface area contributed by atoms with Crippen LogP contribution in [0.2, 0.25) is 0 Å². The molecule has 0 unspecified atom stereocenters. The molecule has 0 spiro atoms. The lowest BCUT2D eigenvalue weighted by molar-refractivity contribution is -0.382. The number of nitrogens with one attached hydrogen (secondary N) is 1. The van der Waals surface area contributed by atoms with Gasteiger partial charge in [-0.05, 0) is 77.6 Å². The third-order valence-electron chi connectivity index (χ3n) is 6.42. The van der Waals surface area contributed by atoms with Crippen molar-refractivity contribution in [3.63, 3.8) is 0 Å². The molecule has 1 saturated carbocycles. The van der Waals surface area contributed by atoms with Gasteiger partial charge in [0.25, 0.3) is 5.69 Å². The zero-order valence-electron chi connectivity index (χ0n) is 22.7. The number of nitro benzene ring substituents is 1. The Bertz CT molecular complexity index is 1370. The maximum atomic E-state index is 12.6. The van der Waals surface area contributed by atoms with E-state index < -0.39 is 33.9 Å². The molecular weight excluding hydrogens is 488 g/mol. The molecule has 4 rings (SSSR count). The maximum Gasteiger partial charge on any atom is 0.435 e. The highest BCUT2D eigenvalue weighted by Crippen LogP contribution is 2.41. The summed E-state index contributed by atoms with van der Waals surface area (Å²) in [7, 11) is 0. The highest BCUT2D eigenvalue weighted by molar-refractivity contribution is 5.99. The van der Waals surface area contributed by atoms with E-state index in [-0.39, 0.29) is 16.6 Å². The number of rotatable bonds is 4. The summed E-state index contributed by atoms with van der Waals surface area (Å²) in [5, 5.41) is 19.6. The molecule has 0 atom stereocenters. The monoisotopic (exact) mass is 522 g/mol. The van der Waals surface area contributed by atoms with Crippen molar-refractivity contribution in [2.45, 2.75) is 84.0 Å². The van der Waals surface area contributed by atoms with Gasteiger partial charge in [-0.15, -0.1) is 0 Å². The molecule has 0 bridgehead atoms. The largest absolute Gasteiger partial charge is 0.444 e. The van der Waals surface area contributed by atoms with Crippen LogP contribution in [0.4, 0.5) is 15.3 Å². The minimum atomic E-state index is -0.738. The van der Waals surface area contributed by atoms with Crippen molar-refractivity contribution >= 4 is 28.8 Å². The van der Waals surface area contributed by atoms with Crippen LogP contribution in [0.1, 0.15) is 72.8 Å². The summed E-state index contributed by atoms with van der Waals surface area (Å²) in [5.74, 6) is 0. The predicted octanol–water partition coefficient (Wildman–Crippen LogP) is 6.69. The first-order valence-corrected chi connectivity index (χ1v) is 12.7. The van der Waals surface area contributed by atoms with Gasteiger partial charge in [0.2, 0.25) is 0 Å². The lowest BCUT2D eigenvalue weighted by Gasteiger charge is -2.32. The van der Waals surface area contributed by atoms with Crippen LogP contribution in [0.3, 0.4) is 0 Å². The van der Waals surface area contributed by atoms with E-state index in [1.165, 1.54) is 6.20 Å². The standard InChI is InChI=1S/C28H34N4O6/c1-26(2,3)37-24(33)30-28(15-7-8-16-28)19-11-9-18(10-12-19)20-13-14-22-21(23(20)32(35)36)17-29-31(22)25(34)38-27(4,5)6/h9-14,17H,7-8,15-16H2,1-6H3,(H,30,33). The quantitative estimate of drug-likeness (QED) is 0.299. The van der Waals surface area contributed by atoms with E-state index in [1.807, 2.05) is 45.0 Å². The molecule has 1 aliphatic rings. The number of ether oxygens (including phenoxy) is 2. The second-order valence-corrected chi connectivity index (χ2v) is 11.7. The van der Waals surface area contributed by atoms with Crippen LogP contribution in [0.25, 0.3) is 22.0 Å². The van der Waals surface area contributed by atoms with Gasteiger partial charge in [0.1, 0.15) is 11.2 Å². The molecule has 10 nitrogen and oxygen atoms in total. The van der Waals surface area contributed by atoms with E-state index in [0.717, 1.165) is 35.9 Å². The molecule has 10 heteroatoms. The molecular formula is C28H34N4O6. The summed E-state index contributed by atoms with van der Waals surface area (Å²) in [6.45, 7) is 10.7. The van der Waals surface area contributed by atoms with Crippen LogP contribution in [-0.4, -0.2) is 38.1 Å². The summed E-state index contributed by atoms with van der Waals surface area (Å²) in [4.78, 5) is 36.9. The predicted molar refractivity (Wildman–Crippen MR) is 143 cm³/mol. The Labute approximate surface area is 221 Å². The lowest BCUT2D eigenvalue weighted by atomic mass is 9.87. The fourth-order valence-corrected chi connectivity index (χ4v) is 4.90. The fraction of sp³-hybridized carbons (Fsp3) is 0.464. The Kier molecular flexibility index (Phi) is 6.94. The molecule has 3 aromatic rings. The fourth-order valence-electron chi connectivity index (χ4n) is 4.90. The van der Waals surface area contributed by atoms with Gasteiger partial charge >= 0.3 is 12.2 Å². The summed E-state index contributed by atoms with van der Waals surface area (Å²) >= 11 is 0. The highest BCUT2D eigenvalue weighted by atomic mass is 16.6. The average Bonchev–Trinajstić information content (AvgIpc) is 3.43. The molecule has 0 aliphatic heterocycles. The maximum absolute atomic E-state index is 12.6. The van der Waals surface area contributed by atoms with Crippen LogP contribution in [0.15, 0.2) is 42.6 Å². The molecule has 1 heterocycles. The van der Waals surface area contributed by atoms with Crippen molar-refractivity contribution in [2.24, 2.45) is 0 Å². The zero-order valence-corrected chi connectivity index (χ0v) is 22.7. The van der Waals surface area contributed by atoms with E-state index in [9.17, 15) is 19.7 Å². The van der Waals surface area contributed by atoms with Crippen LogP contribution < -0.4 is 5.32 Å². The lowest BCUT2D eigenvalue weighted by Crippen LogP contribution is -2.46. The number of fused-ring (bicyclic) bond motifs is 1. The second-order valence-electron chi connectivity index (χ2n) is 11.7. The van der Waals surface area contributed by atoms with E-state index in [0.29, 0.717) is 11.1 Å². The summed E-state index contributed by atoms with van der Waals surface area (Å²) in [6.07, 6.45) is 3.64. The van der Waals surface area contributed by atoms with Gasteiger partial charge in [-0.2, -0.15) is 9.78 Å². The normalized spacial score (nSPS) is 15.3. The number of hydrogen-bond donors (Lipinski definition) is 1. The van der Waals surface area contributed by atoms with Gasteiger partial charge in [-0.25, -0.2) is 9.59 Å². The molecule has 1 fully saturated rings. The van der Waals surface area contributed by atoms with Crippen molar-refractivity contribution in [1.82, 2.24) is 15.1 Å². The third kappa shape index (κ3) is 5.64. The number of benzene rings is 2. The molecule has 1 amide bonds. The van der Waals surface area contributed by atoms with Crippen LogP contribution in [-0.2, 0) is 15.0 Å². The van der Waals surface area contributed by atoms with Gasteiger partial charge < -0.3 is 14.8 Å². The summed E-state index contributed by atoms with van der Waals surface area (Å²) in [6, 6.07) is 10.7. The molecule has 38 heavy (non-hydrogen) atoms. The number of aromatic nitrogens is 2. The SMILES string of the molecule is CC(C)(C)OC(=O)NC1(c2ccc(-c3ccc4c(cnn4C(=O)OC(C)(C)C)c3[N+](=O)[O-])cc2)CCCC1. The highest BCUT2D eigenvalue weighted by Gasteiger charge is 2.38. The Morgan fingerprint density at radius 3 is 2.13 bits per heavy atom. The number of carbonyl (C=O) groups excluding carboxylic acids is 2. The first kappa shape index (κ1) is 27.1. The molecule has 0 saturated heterocycles. The van der Waals surface area contributed by atoms with Crippen molar-refractivity contribution < 1.29 is 24.0 Å². The Hall–Kier alpha value is -3.95. The number of alkyl carbamates (subject to hydrolysis) is 1. The Morgan fingerprint density at radius 1 is 0.974 bits per heavy atom. The van der Waals surface area contributed by atoms with E-state index in [4.69, 9.17) is 9.47 Å². The zero-order chi connectivity index (χ0) is 27.9. The number of carbonyl (C=O) groups is 2. The van der Waals surface area contributed by atoms with Gasteiger partial charge in [-0.1, -0.05) is 37.1 Å². The summed E-state index contributed by atoms with van der Waals surface area (Å²) < 4.78 is 11.9. The van der Waals surface area contributed by atoms with Crippen molar-refractivity contribution in [3.05, 3.63) is 58.3 Å². The molecule has 202 valence electrons. The van der Waals surface area contributed by atoms with Crippen molar-refractivity contribution in [3.8, 4) is 11.1 Å². The van der Waals surface area contributed by atoms with Crippen LogP contribution in [0, 0.1) is 10.1 Å². The minimum absolute atomic E-state index is 0.146. The van der Waals surface area contributed by atoms with Gasteiger partial charge in [0, 0.05) is 0 Å². The number of amides is 1. The topological polar surface area (TPSA) is 126 Å². The first-order valence-electron chi connectivity index (χ1n) is 12.7. The van der Waals surface area contributed by atoms with E-state index >= 15 is 0 Å². The number of nitrogens with zero attached hydrogens (tertiary/aromatic N) is 3. The Morgan fingerprint density at radius 2 is 1.58 bits per heavy atom. The van der Waals surface area contributed by atoms with E-state index in [2.05, 4.69) is 10.4 Å². The average molecular weight is 523 g/mol. The number of nitro groups is 1. The molecule has 1 N–H and O–H groups in total. The van der Waals surface area contributed by atoms with Crippen molar-refractivity contribution in [2.75, 3.05) is 0 Å². The van der Waals surface area contributed by atoms with Crippen molar-refractivity contribution in [1.29, 1.82) is 0 Å². The molecule has 0 radical (unpaired) electrons. The third-order valence-corrected chi connectivity index (χ3v) is 6.42. The van der Waals surface area contributed by atoms with Gasteiger partial charge in [0.05, 0.1) is 33.1 Å². The molecule has 1 aromatic heterocycles. The van der Waals surface area contributed by atoms with E-state index in [1.54, 1.807) is 32.9 Å².